The minimum atomic E-state index is 0.569. The predicted molar refractivity (Wildman–Crippen MR) is 79.8 cm³/mol. The quantitative estimate of drug-likeness (QED) is 0.751. The Kier molecular flexibility index (Phi) is 3.02. The van der Waals surface area contributed by atoms with E-state index in [1.54, 1.807) is 0 Å². The van der Waals surface area contributed by atoms with E-state index in [0.717, 1.165) is 5.56 Å². The Hall–Kier alpha value is -2.19. The molecule has 2 heteroatoms. The average molecular weight is 248 g/mol. The van der Waals surface area contributed by atoms with Crippen molar-refractivity contribution >= 4 is 10.8 Å². The van der Waals surface area contributed by atoms with Crippen LogP contribution in [-0.2, 0) is 6.54 Å². The van der Waals surface area contributed by atoms with Crippen LogP contribution in [0, 0.1) is 6.92 Å². The van der Waals surface area contributed by atoms with Gasteiger partial charge in [-0.05, 0) is 46.7 Å². The molecule has 2 nitrogen and oxygen atoms in total. The number of hydrogen-bond donors (Lipinski definition) is 1. The van der Waals surface area contributed by atoms with Gasteiger partial charge in [-0.1, -0.05) is 30.3 Å². The fraction of sp³-hybridized carbons (Fsp3) is 0.118. The maximum atomic E-state index is 5.72. The van der Waals surface area contributed by atoms with Crippen LogP contribution in [0.2, 0.25) is 0 Å². The van der Waals surface area contributed by atoms with Gasteiger partial charge in [-0.2, -0.15) is 0 Å². The van der Waals surface area contributed by atoms with E-state index in [1.165, 1.54) is 27.5 Å². The van der Waals surface area contributed by atoms with Crippen LogP contribution in [-0.4, -0.2) is 4.98 Å². The summed E-state index contributed by atoms with van der Waals surface area (Å²) in [7, 11) is 0. The Bertz CT molecular complexity index is 732. The number of aromatic nitrogens is 1. The molecule has 0 fully saturated rings. The second-order valence-electron chi connectivity index (χ2n) is 4.76. The van der Waals surface area contributed by atoms with Crippen LogP contribution in [0.1, 0.15) is 11.1 Å². The first-order valence-corrected chi connectivity index (χ1v) is 6.42. The number of rotatable bonds is 2. The van der Waals surface area contributed by atoms with E-state index in [1.807, 2.05) is 12.4 Å². The van der Waals surface area contributed by atoms with Gasteiger partial charge in [-0.25, -0.2) is 0 Å². The normalized spacial score (nSPS) is 10.8. The number of hydrogen-bond acceptors (Lipinski definition) is 2. The third-order valence-corrected chi connectivity index (χ3v) is 3.51. The molecule has 0 aliphatic heterocycles. The molecule has 19 heavy (non-hydrogen) atoms. The molecular weight excluding hydrogens is 232 g/mol. The standard InChI is InChI=1S/C17H16N2/c1-12-5-6-15(16-7-8-19-11-17(12)16)14-4-2-3-13(9-14)10-18/h2-9,11H,10,18H2,1H3. The zero-order valence-electron chi connectivity index (χ0n) is 10.9. The molecule has 0 radical (unpaired) electrons. The molecule has 94 valence electrons. The third-order valence-electron chi connectivity index (χ3n) is 3.51. The van der Waals surface area contributed by atoms with Gasteiger partial charge in [0.1, 0.15) is 0 Å². The van der Waals surface area contributed by atoms with Crippen LogP contribution in [0.15, 0.2) is 54.9 Å². The average Bonchev–Trinajstić information content (AvgIpc) is 2.48. The smallest absolute Gasteiger partial charge is 0.0349 e. The molecule has 0 amide bonds. The SMILES string of the molecule is Cc1ccc(-c2cccc(CN)c2)c2ccncc12. The number of pyridine rings is 1. The van der Waals surface area contributed by atoms with E-state index in [2.05, 4.69) is 54.4 Å². The van der Waals surface area contributed by atoms with Gasteiger partial charge < -0.3 is 5.73 Å². The van der Waals surface area contributed by atoms with Crippen molar-refractivity contribution < 1.29 is 0 Å². The highest BCUT2D eigenvalue weighted by atomic mass is 14.6. The summed E-state index contributed by atoms with van der Waals surface area (Å²) in [6.07, 6.45) is 3.78. The van der Waals surface area contributed by atoms with Crippen molar-refractivity contribution in [2.75, 3.05) is 0 Å². The molecule has 1 aromatic heterocycles. The van der Waals surface area contributed by atoms with E-state index in [9.17, 15) is 0 Å². The lowest BCUT2D eigenvalue weighted by atomic mass is 9.96. The van der Waals surface area contributed by atoms with Crippen molar-refractivity contribution in [3.63, 3.8) is 0 Å². The van der Waals surface area contributed by atoms with Gasteiger partial charge in [-0.15, -0.1) is 0 Å². The van der Waals surface area contributed by atoms with Gasteiger partial charge in [0.2, 0.25) is 0 Å². The van der Waals surface area contributed by atoms with Crippen LogP contribution in [0.4, 0.5) is 0 Å². The molecule has 0 aliphatic carbocycles. The van der Waals surface area contributed by atoms with Crippen molar-refractivity contribution in [1.82, 2.24) is 4.98 Å². The summed E-state index contributed by atoms with van der Waals surface area (Å²) < 4.78 is 0. The molecule has 3 aromatic rings. The fourth-order valence-electron chi connectivity index (χ4n) is 2.45. The Labute approximate surface area is 112 Å². The van der Waals surface area contributed by atoms with E-state index in [-0.39, 0.29) is 0 Å². The van der Waals surface area contributed by atoms with E-state index < -0.39 is 0 Å². The van der Waals surface area contributed by atoms with Gasteiger partial charge in [0, 0.05) is 24.3 Å². The summed E-state index contributed by atoms with van der Waals surface area (Å²) in [6.45, 7) is 2.68. The van der Waals surface area contributed by atoms with Gasteiger partial charge in [-0.3, -0.25) is 4.98 Å². The lowest BCUT2D eigenvalue weighted by Crippen LogP contribution is -1.96. The minimum absolute atomic E-state index is 0.569. The number of aryl methyl sites for hydroxylation is 1. The molecule has 0 saturated carbocycles. The molecule has 0 saturated heterocycles. The van der Waals surface area contributed by atoms with Crippen LogP contribution in [0.5, 0.6) is 0 Å². The van der Waals surface area contributed by atoms with Crippen molar-refractivity contribution in [3.8, 4) is 11.1 Å². The molecule has 2 aromatic carbocycles. The summed E-state index contributed by atoms with van der Waals surface area (Å²) in [5, 5.41) is 2.45. The number of benzene rings is 2. The molecule has 0 unspecified atom stereocenters. The van der Waals surface area contributed by atoms with Gasteiger partial charge in [0.25, 0.3) is 0 Å². The van der Waals surface area contributed by atoms with Crippen LogP contribution < -0.4 is 5.73 Å². The monoisotopic (exact) mass is 248 g/mol. The molecule has 0 spiro atoms. The highest BCUT2D eigenvalue weighted by Gasteiger charge is 2.06. The highest BCUT2D eigenvalue weighted by Crippen LogP contribution is 2.30. The predicted octanol–water partition coefficient (Wildman–Crippen LogP) is 3.67. The minimum Gasteiger partial charge on any atom is -0.326 e. The second kappa shape index (κ2) is 4.82. The van der Waals surface area contributed by atoms with Crippen molar-refractivity contribution in [3.05, 3.63) is 66.0 Å². The van der Waals surface area contributed by atoms with Gasteiger partial charge in [0.05, 0.1) is 0 Å². The summed E-state index contributed by atoms with van der Waals surface area (Å²) >= 11 is 0. The van der Waals surface area contributed by atoms with Crippen molar-refractivity contribution in [2.24, 2.45) is 5.73 Å². The summed E-state index contributed by atoms with van der Waals surface area (Å²) in [6, 6.07) is 14.8. The zero-order valence-corrected chi connectivity index (χ0v) is 10.9. The molecule has 0 atom stereocenters. The van der Waals surface area contributed by atoms with Gasteiger partial charge >= 0.3 is 0 Å². The number of nitrogens with zero attached hydrogens (tertiary/aromatic N) is 1. The Morgan fingerprint density at radius 1 is 1.05 bits per heavy atom. The largest absolute Gasteiger partial charge is 0.326 e. The summed E-state index contributed by atoms with van der Waals surface area (Å²) in [5.41, 5.74) is 10.6. The van der Waals surface area contributed by atoms with E-state index >= 15 is 0 Å². The first-order chi connectivity index (χ1) is 9.29. The van der Waals surface area contributed by atoms with Gasteiger partial charge in [0.15, 0.2) is 0 Å². The lowest BCUT2D eigenvalue weighted by molar-refractivity contribution is 1.07. The second-order valence-corrected chi connectivity index (χ2v) is 4.76. The Morgan fingerprint density at radius 2 is 1.95 bits per heavy atom. The van der Waals surface area contributed by atoms with E-state index in [0.29, 0.717) is 6.54 Å². The number of nitrogens with two attached hydrogens (primary N) is 1. The molecule has 0 bridgehead atoms. The van der Waals surface area contributed by atoms with E-state index in [4.69, 9.17) is 5.73 Å². The van der Waals surface area contributed by atoms with Crippen LogP contribution in [0.3, 0.4) is 0 Å². The lowest BCUT2D eigenvalue weighted by Gasteiger charge is -2.10. The number of fused-ring (bicyclic) bond motifs is 1. The fourth-order valence-corrected chi connectivity index (χ4v) is 2.45. The maximum Gasteiger partial charge on any atom is 0.0349 e. The first kappa shape index (κ1) is 11.9. The summed E-state index contributed by atoms with van der Waals surface area (Å²) in [4.78, 5) is 4.22. The molecular formula is C17H16N2. The Morgan fingerprint density at radius 3 is 2.79 bits per heavy atom. The highest BCUT2D eigenvalue weighted by molar-refractivity contribution is 5.97. The zero-order chi connectivity index (χ0) is 13.2. The summed E-state index contributed by atoms with van der Waals surface area (Å²) in [5.74, 6) is 0. The molecule has 3 rings (SSSR count). The molecule has 1 heterocycles. The molecule has 0 aliphatic rings. The van der Waals surface area contributed by atoms with Crippen LogP contribution in [0.25, 0.3) is 21.9 Å². The topological polar surface area (TPSA) is 38.9 Å². The molecule has 2 N–H and O–H groups in total. The van der Waals surface area contributed by atoms with Crippen LogP contribution >= 0.6 is 0 Å². The maximum absolute atomic E-state index is 5.72. The first-order valence-electron chi connectivity index (χ1n) is 6.42. The Balaban J connectivity index is 2.28. The third kappa shape index (κ3) is 2.11. The van der Waals surface area contributed by atoms with Crippen molar-refractivity contribution in [2.45, 2.75) is 13.5 Å². The van der Waals surface area contributed by atoms with Crippen molar-refractivity contribution in [1.29, 1.82) is 0 Å².